The maximum absolute atomic E-state index is 11.7. The molecule has 4 nitrogen and oxygen atoms in total. The van der Waals surface area contributed by atoms with Crippen LogP contribution in [0.5, 0.6) is 0 Å². The molecule has 1 aliphatic carbocycles. The minimum Gasteiger partial charge on any atom is -0.481 e. The fourth-order valence-electron chi connectivity index (χ4n) is 2.15. The minimum atomic E-state index is -0.877. The van der Waals surface area contributed by atoms with Crippen molar-refractivity contribution in [2.45, 2.75) is 13.5 Å². The number of carbonyl (C=O) groups is 2. The summed E-state index contributed by atoms with van der Waals surface area (Å²) >= 11 is 0. The molecule has 1 aromatic carbocycles. The Morgan fingerprint density at radius 1 is 1.24 bits per heavy atom. The first-order valence-electron chi connectivity index (χ1n) is 5.65. The number of rotatable bonds is 4. The number of nitrogens with one attached hydrogen (secondary N) is 1. The zero-order valence-corrected chi connectivity index (χ0v) is 9.59. The molecule has 0 saturated heterocycles. The van der Waals surface area contributed by atoms with Crippen LogP contribution < -0.4 is 5.32 Å². The quantitative estimate of drug-likeness (QED) is 0.823. The minimum absolute atomic E-state index is 0.0525. The maximum atomic E-state index is 11.7. The number of aliphatic carboxylic acids is 1. The van der Waals surface area contributed by atoms with Crippen LogP contribution in [-0.4, -0.2) is 17.0 Å². The largest absolute Gasteiger partial charge is 0.481 e. The lowest BCUT2D eigenvalue weighted by atomic mass is 10.2. The van der Waals surface area contributed by atoms with Gasteiger partial charge in [-0.3, -0.25) is 9.59 Å². The van der Waals surface area contributed by atoms with E-state index in [1.165, 1.54) is 0 Å². The number of hydrogen-bond donors (Lipinski definition) is 2. The van der Waals surface area contributed by atoms with Gasteiger partial charge in [-0.05, 0) is 11.5 Å². The molecular formula is C13H15NO3. The van der Waals surface area contributed by atoms with Gasteiger partial charge in [0.2, 0.25) is 5.91 Å². The molecule has 3 atom stereocenters. The fourth-order valence-corrected chi connectivity index (χ4v) is 2.15. The van der Waals surface area contributed by atoms with Gasteiger partial charge in [0.15, 0.2) is 0 Å². The summed E-state index contributed by atoms with van der Waals surface area (Å²) in [5, 5.41) is 11.6. The average molecular weight is 233 g/mol. The van der Waals surface area contributed by atoms with E-state index in [0.717, 1.165) is 5.56 Å². The van der Waals surface area contributed by atoms with Crippen molar-refractivity contribution >= 4 is 11.9 Å². The molecule has 0 unspecified atom stereocenters. The molecule has 0 radical (unpaired) electrons. The Morgan fingerprint density at radius 2 is 1.88 bits per heavy atom. The number of benzene rings is 1. The van der Waals surface area contributed by atoms with E-state index >= 15 is 0 Å². The molecule has 1 saturated carbocycles. The maximum Gasteiger partial charge on any atom is 0.307 e. The Hall–Kier alpha value is -1.84. The van der Waals surface area contributed by atoms with E-state index < -0.39 is 11.9 Å². The van der Waals surface area contributed by atoms with Crippen LogP contribution in [0.2, 0.25) is 0 Å². The second kappa shape index (κ2) is 4.57. The molecule has 1 fully saturated rings. The summed E-state index contributed by atoms with van der Waals surface area (Å²) in [7, 11) is 0. The molecule has 17 heavy (non-hydrogen) atoms. The number of carboxylic acids is 1. The van der Waals surface area contributed by atoms with Gasteiger partial charge in [-0.15, -0.1) is 0 Å². The van der Waals surface area contributed by atoms with Gasteiger partial charge in [0.1, 0.15) is 0 Å². The number of carbonyl (C=O) groups excluding carboxylic acids is 1. The highest BCUT2D eigenvalue weighted by Crippen LogP contribution is 2.46. The van der Waals surface area contributed by atoms with Crippen LogP contribution in [0.25, 0.3) is 0 Å². The van der Waals surface area contributed by atoms with Crippen molar-refractivity contribution in [2.75, 3.05) is 0 Å². The van der Waals surface area contributed by atoms with Crippen molar-refractivity contribution in [3.8, 4) is 0 Å². The van der Waals surface area contributed by atoms with Gasteiger partial charge in [0.05, 0.1) is 11.8 Å². The molecule has 2 N–H and O–H groups in total. The van der Waals surface area contributed by atoms with Crippen LogP contribution in [0, 0.1) is 17.8 Å². The zero-order chi connectivity index (χ0) is 12.4. The third-order valence-electron chi connectivity index (χ3n) is 3.28. The van der Waals surface area contributed by atoms with Crippen LogP contribution >= 0.6 is 0 Å². The Morgan fingerprint density at radius 3 is 2.41 bits per heavy atom. The summed E-state index contributed by atoms with van der Waals surface area (Å²) in [5.41, 5.74) is 1.01. The van der Waals surface area contributed by atoms with Gasteiger partial charge in [0, 0.05) is 6.54 Å². The summed E-state index contributed by atoms with van der Waals surface area (Å²) in [6.45, 7) is 2.25. The first-order chi connectivity index (χ1) is 8.11. The molecule has 90 valence electrons. The highest BCUT2D eigenvalue weighted by atomic mass is 16.4. The monoisotopic (exact) mass is 233 g/mol. The average Bonchev–Trinajstić information content (AvgIpc) is 2.99. The summed E-state index contributed by atoms with van der Waals surface area (Å²) in [6, 6.07) is 9.56. The summed E-state index contributed by atoms with van der Waals surface area (Å²) in [6.07, 6.45) is 0. The Bertz CT molecular complexity index is 430. The second-order valence-corrected chi connectivity index (χ2v) is 4.45. The van der Waals surface area contributed by atoms with E-state index in [2.05, 4.69) is 5.32 Å². The molecule has 0 spiro atoms. The Labute approximate surface area is 99.6 Å². The summed E-state index contributed by atoms with van der Waals surface area (Å²) in [5.74, 6) is -1.96. The standard InChI is InChI=1S/C13H15NO3/c1-8-10(11(8)13(16)17)12(15)14-7-9-5-3-2-4-6-9/h2-6,8,10-11H,7H2,1H3,(H,14,15)(H,16,17)/t8-,10+,11+/m0/s1. The van der Waals surface area contributed by atoms with E-state index in [4.69, 9.17) is 5.11 Å². The van der Waals surface area contributed by atoms with E-state index in [1.807, 2.05) is 30.3 Å². The van der Waals surface area contributed by atoms with Gasteiger partial charge >= 0.3 is 5.97 Å². The lowest BCUT2D eigenvalue weighted by molar-refractivity contribution is -0.140. The van der Waals surface area contributed by atoms with Crippen LogP contribution in [-0.2, 0) is 16.1 Å². The van der Waals surface area contributed by atoms with Gasteiger partial charge < -0.3 is 10.4 Å². The van der Waals surface area contributed by atoms with Crippen molar-refractivity contribution in [2.24, 2.45) is 17.8 Å². The van der Waals surface area contributed by atoms with Gasteiger partial charge in [-0.25, -0.2) is 0 Å². The molecule has 1 aliphatic rings. The predicted octanol–water partition coefficient (Wildman–Crippen LogP) is 1.27. The van der Waals surface area contributed by atoms with Gasteiger partial charge in [-0.2, -0.15) is 0 Å². The molecule has 0 bridgehead atoms. The highest BCUT2D eigenvalue weighted by Gasteiger charge is 2.56. The molecule has 4 heteroatoms. The fraction of sp³-hybridized carbons (Fsp3) is 0.385. The van der Waals surface area contributed by atoms with Gasteiger partial charge in [-0.1, -0.05) is 37.3 Å². The smallest absolute Gasteiger partial charge is 0.307 e. The molecule has 0 aliphatic heterocycles. The number of carboxylic acid groups (broad SMARTS) is 1. The van der Waals surface area contributed by atoms with Crippen LogP contribution in [0.1, 0.15) is 12.5 Å². The van der Waals surface area contributed by atoms with Crippen LogP contribution in [0.15, 0.2) is 30.3 Å². The van der Waals surface area contributed by atoms with E-state index in [9.17, 15) is 9.59 Å². The van der Waals surface area contributed by atoms with Crippen molar-refractivity contribution in [1.29, 1.82) is 0 Å². The van der Waals surface area contributed by atoms with Crippen LogP contribution in [0.4, 0.5) is 0 Å². The second-order valence-electron chi connectivity index (χ2n) is 4.45. The predicted molar refractivity (Wildman–Crippen MR) is 62.1 cm³/mol. The lowest BCUT2D eigenvalue weighted by Gasteiger charge is -2.04. The third kappa shape index (κ3) is 2.46. The lowest BCUT2D eigenvalue weighted by Crippen LogP contribution is -2.26. The van der Waals surface area contributed by atoms with E-state index in [-0.39, 0.29) is 17.7 Å². The summed E-state index contributed by atoms with van der Waals surface area (Å²) in [4.78, 5) is 22.5. The van der Waals surface area contributed by atoms with E-state index in [0.29, 0.717) is 6.54 Å². The SMILES string of the molecule is C[C@@H]1[C@@H](C(=O)O)[C@@H]1C(=O)NCc1ccccc1. The van der Waals surface area contributed by atoms with Crippen molar-refractivity contribution in [3.63, 3.8) is 0 Å². The normalized spacial score (nSPS) is 26.3. The first kappa shape index (κ1) is 11.6. The van der Waals surface area contributed by atoms with Crippen molar-refractivity contribution < 1.29 is 14.7 Å². The summed E-state index contributed by atoms with van der Waals surface area (Å²) < 4.78 is 0. The molecule has 0 aromatic heterocycles. The topological polar surface area (TPSA) is 66.4 Å². The van der Waals surface area contributed by atoms with Crippen molar-refractivity contribution in [3.05, 3.63) is 35.9 Å². The molecule has 1 aromatic rings. The zero-order valence-electron chi connectivity index (χ0n) is 9.59. The van der Waals surface area contributed by atoms with Crippen LogP contribution in [0.3, 0.4) is 0 Å². The Balaban J connectivity index is 1.85. The highest BCUT2D eigenvalue weighted by molar-refractivity contribution is 5.90. The van der Waals surface area contributed by atoms with E-state index in [1.54, 1.807) is 6.92 Å². The molecule has 1 amide bonds. The third-order valence-corrected chi connectivity index (χ3v) is 3.28. The van der Waals surface area contributed by atoms with Crippen molar-refractivity contribution in [1.82, 2.24) is 5.32 Å². The molecule has 2 rings (SSSR count). The molecular weight excluding hydrogens is 218 g/mol. The number of amides is 1. The number of hydrogen-bond acceptors (Lipinski definition) is 2. The van der Waals surface area contributed by atoms with Gasteiger partial charge in [0.25, 0.3) is 0 Å². The first-order valence-corrected chi connectivity index (χ1v) is 5.65. The molecule has 0 heterocycles. The Kier molecular flexibility index (Phi) is 3.13.